The lowest BCUT2D eigenvalue weighted by molar-refractivity contribution is -0.136. The van der Waals surface area contributed by atoms with Crippen molar-refractivity contribution in [1.82, 2.24) is 0 Å². The normalized spacial score (nSPS) is 22.3. The third kappa shape index (κ3) is 4.56. The minimum absolute atomic E-state index is 0.115. The number of ether oxygens (including phenoxy) is 2. The summed E-state index contributed by atoms with van der Waals surface area (Å²) in [7, 11) is 0. The van der Waals surface area contributed by atoms with Crippen LogP contribution in [0.5, 0.6) is 0 Å². The summed E-state index contributed by atoms with van der Waals surface area (Å²) in [5, 5.41) is 14.5. The molecule has 0 aromatic heterocycles. The van der Waals surface area contributed by atoms with Crippen molar-refractivity contribution in [1.29, 1.82) is 0 Å². The zero-order chi connectivity index (χ0) is 30.5. The number of para-hydroxylation sites is 2. The molecule has 0 bridgehead atoms. The number of hydrazone groups is 2. The van der Waals surface area contributed by atoms with Crippen LogP contribution in [-0.4, -0.2) is 48.1 Å². The maximum atomic E-state index is 13.5. The summed E-state index contributed by atoms with van der Waals surface area (Å²) >= 11 is 12.5. The van der Waals surface area contributed by atoms with Crippen LogP contribution in [-0.2, 0) is 19.1 Å². The molecule has 222 valence electrons. The lowest BCUT2D eigenvalue weighted by Crippen LogP contribution is -2.63. The van der Waals surface area contributed by atoms with Gasteiger partial charge in [-0.15, -0.1) is 10.2 Å². The van der Waals surface area contributed by atoms with Gasteiger partial charge in [0.2, 0.25) is 11.7 Å². The maximum absolute atomic E-state index is 13.5. The maximum Gasteiger partial charge on any atom is 0.376 e. The number of halogens is 2. The van der Waals surface area contributed by atoms with Crippen LogP contribution in [0.15, 0.2) is 83.0 Å². The van der Waals surface area contributed by atoms with Crippen LogP contribution < -0.4 is 19.8 Å². The zero-order valence-electron chi connectivity index (χ0n) is 24.1. The van der Waals surface area contributed by atoms with Crippen LogP contribution >= 0.6 is 23.2 Å². The van der Waals surface area contributed by atoms with Crippen LogP contribution in [0.4, 0.5) is 22.7 Å². The van der Waals surface area contributed by atoms with E-state index in [2.05, 4.69) is 0 Å². The zero-order valence-corrected chi connectivity index (χ0v) is 25.6. The second-order valence-electron chi connectivity index (χ2n) is 10.6. The highest BCUT2D eigenvalue weighted by Crippen LogP contribution is 2.53. The molecule has 3 heterocycles. The molecule has 0 saturated heterocycles. The Morgan fingerprint density at radius 3 is 1.42 bits per heavy atom. The van der Waals surface area contributed by atoms with E-state index in [-0.39, 0.29) is 24.9 Å². The van der Waals surface area contributed by atoms with E-state index >= 15 is 0 Å². The van der Waals surface area contributed by atoms with E-state index in [4.69, 9.17) is 42.9 Å². The molecule has 3 aliphatic rings. The second kappa shape index (κ2) is 10.8. The Morgan fingerprint density at radius 2 is 1.07 bits per heavy atom. The number of anilines is 4. The summed E-state index contributed by atoms with van der Waals surface area (Å²) in [6.45, 7) is 7.88. The number of hydrogen-bond acceptors (Lipinski definition) is 10. The summed E-state index contributed by atoms with van der Waals surface area (Å²) in [6.07, 6.45) is 0.304. The summed E-state index contributed by atoms with van der Waals surface area (Å²) in [4.78, 5) is 30.8. The third-order valence-corrected chi connectivity index (χ3v) is 8.28. The van der Waals surface area contributed by atoms with Crippen LogP contribution in [0.25, 0.3) is 0 Å². The van der Waals surface area contributed by atoms with Gasteiger partial charge in [0, 0.05) is 16.5 Å². The Labute approximate surface area is 259 Å². The molecule has 6 rings (SSSR count). The highest BCUT2D eigenvalue weighted by Gasteiger charge is 2.62. The molecule has 0 saturated carbocycles. The first-order valence-electron chi connectivity index (χ1n) is 13.9. The molecule has 2 atom stereocenters. The van der Waals surface area contributed by atoms with E-state index in [0.29, 0.717) is 39.2 Å². The van der Waals surface area contributed by atoms with Gasteiger partial charge in [0.1, 0.15) is 11.3 Å². The van der Waals surface area contributed by atoms with Gasteiger partial charge in [0.05, 0.1) is 36.0 Å². The Hall–Kier alpha value is -4.28. The van der Waals surface area contributed by atoms with Crippen LogP contribution in [0.3, 0.4) is 0 Å². The third-order valence-electron chi connectivity index (χ3n) is 7.78. The van der Waals surface area contributed by atoms with Crippen molar-refractivity contribution >= 4 is 69.6 Å². The number of hydrogen-bond donors (Lipinski definition) is 0. The summed E-state index contributed by atoms with van der Waals surface area (Å²) in [5.74, 6) is -0.907. The first-order valence-corrected chi connectivity index (χ1v) is 14.7. The summed E-state index contributed by atoms with van der Waals surface area (Å²) in [5.41, 5.74) is 0.722. The fourth-order valence-corrected chi connectivity index (χ4v) is 6.42. The fourth-order valence-electron chi connectivity index (χ4n) is 6.16. The Kier molecular flexibility index (Phi) is 7.22. The standard InChI is InChI=1S/C31H30Cl2N6O4/c1-5-42-28(40)26-34-38(22-15-11-20(32)12-16-22)30(3)19-31(4)37(25-10-8-7-9-24(25)36(26)30)27(29(41)43-6-2)35-39(31)23-17-13-21(33)14-18-23/h7-18H,5-6,19H2,1-4H3/t30-,31-/m0/s1. The first kappa shape index (κ1) is 28.8. The molecule has 0 spiro atoms. The molecule has 10 nitrogen and oxygen atoms in total. The highest BCUT2D eigenvalue weighted by molar-refractivity contribution is 6.45. The second-order valence-corrected chi connectivity index (χ2v) is 11.5. The number of rotatable bonds is 6. The molecule has 0 aliphatic carbocycles. The van der Waals surface area contributed by atoms with Crippen molar-refractivity contribution in [2.75, 3.05) is 33.0 Å². The SMILES string of the molecule is CCOC(=O)C1=NN(c2ccc(Cl)cc2)[C@@]2(C)C[C@]3(C)N(c4ccc(Cl)cc4)N=C(C(=O)OCC)N3c3ccccc3N12. The Balaban J connectivity index is 1.62. The molecule has 12 heteroatoms. The lowest BCUT2D eigenvalue weighted by atomic mass is 9.93. The fraction of sp³-hybridized carbons (Fsp3) is 0.290. The number of carbonyl (C=O) groups is 2. The number of benzene rings is 3. The predicted molar refractivity (Wildman–Crippen MR) is 169 cm³/mol. The average molecular weight is 622 g/mol. The average Bonchev–Trinajstić information content (AvgIpc) is 3.42. The van der Waals surface area contributed by atoms with Crippen molar-refractivity contribution < 1.29 is 19.1 Å². The molecule has 3 aromatic rings. The van der Waals surface area contributed by atoms with Crippen molar-refractivity contribution in [2.45, 2.75) is 45.4 Å². The van der Waals surface area contributed by atoms with E-state index in [9.17, 15) is 9.59 Å². The van der Waals surface area contributed by atoms with Gasteiger partial charge in [-0.2, -0.15) is 0 Å². The van der Waals surface area contributed by atoms with Crippen molar-refractivity contribution in [3.8, 4) is 0 Å². The van der Waals surface area contributed by atoms with Crippen molar-refractivity contribution in [2.24, 2.45) is 10.2 Å². The molecule has 0 amide bonds. The van der Waals surface area contributed by atoms with E-state index in [0.717, 1.165) is 0 Å². The Bertz CT molecular complexity index is 1530. The van der Waals surface area contributed by atoms with Gasteiger partial charge in [-0.1, -0.05) is 35.3 Å². The van der Waals surface area contributed by atoms with Gasteiger partial charge >= 0.3 is 11.9 Å². The van der Waals surface area contributed by atoms with Gasteiger partial charge in [0.15, 0.2) is 0 Å². The molecular formula is C31H30Cl2N6O4. The molecular weight excluding hydrogens is 591 g/mol. The molecule has 0 N–H and O–H groups in total. The molecule has 43 heavy (non-hydrogen) atoms. The van der Waals surface area contributed by atoms with Crippen LogP contribution in [0, 0.1) is 0 Å². The van der Waals surface area contributed by atoms with E-state index in [1.54, 1.807) is 38.1 Å². The summed E-state index contributed by atoms with van der Waals surface area (Å²) in [6, 6.07) is 22.1. The molecule has 3 aromatic carbocycles. The van der Waals surface area contributed by atoms with Gasteiger partial charge in [0.25, 0.3) is 0 Å². The topological polar surface area (TPSA) is 90.3 Å². The molecule has 0 radical (unpaired) electrons. The molecule has 0 unspecified atom stereocenters. The quantitative estimate of drug-likeness (QED) is 0.299. The number of fused-ring (bicyclic) bond motifs is 5. The highest BCUT2D eigenvalue weighted by atomic mass is 35.5. The minimum Gasteiger partial charge on any atom is -0.460 e. The van der Waals surface area contributed by atoms with E-state index < -0.39 is 23.3 Å². The number of carbonyl (C=O) groups excluding carboxylic acids is 2. The monoisotopic (exact) mass is 620 g/mol. The van der Waals surface area contributed by atoms with Gasteiger partial charge in [-0.3, -0.25) is 9.80 Å². The van der Waals surface area contributed by atoms with Crippen LogP contribution in [0.1, 0.15) is 34.1 Å². The van der Waals surface area contributed by atoms with E-state index in [1.165, 1.54) is 0 Å². The summed E-state index contributed by atoms with van der Waals surface area (Å²) < 4.78 is 11.0. The van der Waals surface area contributed by atoms with Gasteiger partial charge in [-0.25, -0.2) is 19.6 Å². The Morgan fingerprint density at radius 1 is 0.698 bits per heavy atom. The van der Waals surface area contributed by atoms with Crippen molar-refractivity contribution in [3.63, 3.8) is 0 Å². The number of nitrogens with zero attached hydrogens (tertiary/aromatic N) is 6. The van der Waals surface area contributed by atoms with Gasteiger partial charge < -0.3 is 9.47 Å². The van der Waals surface area contributed by atoms with E-state index in [1.807, 2.05) is 82.2 Å². The molecule has 3 aliphatic heterocycles. The largest absolute Gasteiger partial charge is 0.460 e. The minimum atomic E-state index is -1.00. The number of amidine groups is 2. The molecule has 0 fully saturated rings. The predicted octanol–water partition coefficient (Wildman–Crippen LogP) is 6.24. The van der Waals surface area contributed by atoms with Crippen molar-refractivity contribution in [3.05, 3.63) is 82.8 Å². The first-order chi connectivity index (χ1) is 20.6. The van der Waals surface area contributed by atoms with Gasteiger partial charge in [-0.05, 0) is 88.4 Å². The smallest absolute Gasteiger partial charge is 0.376 e. The van der Waals surface area contributed by atoms with Crippen LogP contribution in [0.2, 0.25) is 10.0 Å². The number of esters is 2. The lowest BCUT2D eigenvalue weighted by Gasteiger charge is -2.46.